The van der Waals surface area contributed by atoms with E-state index in [1.165, 1.54) is 23.1 Å². The van der Waals surface area contributed by atoms with Gasteiger partial charge in [0.15, 0.2) is 4.34 Å². The summed E-state index contributed by atoms with van der Waals surface area (Å²) < 4.78 is 1.85. The molecule has 0 bridgehead atoms. The van der Waals surface area contributed by atoms with E-state index in [4.69, 9.17) is 11.6 Å². The van der Waals surface area contributed by atoms with E-state index in [-0.39, 0.29) is 17.6 Å². The van der Waals surface area contributed by atoms with Crippen LogP contribution < -0.4 is 5.32 Å². The summed E-state index contributed by atoms with van der Waals surface area (Å²) in [6.07, 6.45) is 0. The van der Waals surface area contributed by atoms with Crippen LogP contribution in [0.4, 0.5) is 5.69 Å². The maximum absolute atomic E-state index is 12.5. The molecule has 2 amide bonds. The lowest BCUT2D eigenvalue weighted by molar-refractivity contribution is -0.113. The molecule has 0 radical (unpaired) electrons. The summed E-state index contributed by atoms with van der Waals surface area (Å²) in [6, 6.07) is 12.6. The second-order valence-electron chi connectivity index (χ2n) is 5.99. The molecule has 0 aliphatic carbocycles. The second-order valence-corrected chi connectivity index (χ2v) is 8.68. The highest BCUT2D eigenvalue weighted by Gasteiger charge is 2.14. The van der Waals surface area contributed by atoms with Crippen molar-refractivity contribution in [3.05, 3.63) is 53.1 Å². The zero-order valence-electron chi connectivity index (χ0n) is 15.6. The molecule has 0 saturated heterocycles. The zero-order valence-corrected chi connectivity index (χ0v) is 18.0. The summed E-state index contributed by atoms with van der Waals surface area (Å²) >= 11 is 8.90. The molecule has 0 aliphatic rings. The number of fused-ring (bicyclic) bond motifs is 1. The Hall–Kier alpha value is -2.09. The molecule has 0 unspecified atom stereocenters. The van der Waals surface area contributed by atoms with E-state index in [0.29, 0.717) is 29.4 Å². The van der Waals surface area contributed by atoms with Gasteiger partial charge in [0.05, 0.1) is 16.0 Å². The molecule has 3 aromatic rings. The van der Waals surface area contributed by atoms with Crippen LogP contribution in [0.2, 0.25) is 5.02 Å². The van der Waals surface area contributed by atoms with E-state index in [2.05, 4.69) is 10.3 Å². The van der Waals surface area contributed by atoms with Crippen LogP contribution in [0, 0.1) is 0 Å². The van der Waals surface area contributed by atoms with Crippen LogP contribution in [-0.2, 0) is 4.79 Å². The number of anilines is 1. The van der Waals surface area contributed by atoms with E-state index < -0.39 is 0 Å². The molecule has 0 fully saturated rings. The van der Waals surface area contributed by atoms with Gasteiger partial charge in [-0.25, -0.2) is 4.98 Å². The smallest absolute Gasteiger partial charge is 0.253 e. The predicted molar refractivity (Wildman–Crippen MR) is 118 cm³/mol. The molecule has 5 nitrogen and oxygen atoms in total. The van der Waals surface area contributed by atoms with Gasteiger partial charge in [-0.05, 0) is 50.2 Å². The maximum Gasteiger partial charge on any atom is 0.253 e. The SMILES string of the molecule is CCN(CC)C(=O)c1cccc(NC(=O)CSc2nc3cc(Cl)ccc3s2)c1. The van der Waals surface area contributed by atoms with Crippen molar-refractivity contribution in [2.45, 2.75) is 18.2 Å². The number of hydrogen-bond acceptors (Lipinski definition) is 5. The Morgan fingerprint density at radius 2 is 1.96 bits per heavy atom. The molecular formula is C20H20ClN3O2S2. The van der Waals surface area contributed by atoms with Gasteiger partial charge in [0, 0.05) is 29.4 Å². The van der Waals surface area contributed by atoms with Gasteiger partial charge >= 0.3 is 0 Å². The molecule has 0 saturated carbocycles. The fourth-order valence-corrected chi connectivity index (χ4v) is 4.70. The van der Waals surface area contributed by atoms with Crippen LogP contribution in [0.5, 0.6) is 0 Å². The van der Waals surface area contributed by atoms with Gasteiger partial charge in [0.2, 0.25) is 5.91 Å². The normalized spacial score (nSPS) is 10.8. The lowest BCUT2D eigenvalue weighted by Gasteiger charge is -2.19. The number of nitrogens with zero attached hydrogens (tertiary/aromatic N) is 2. The number of carbonyl (C=O) groups is 2. The molecule has 0 atom stereocenters. The Morgan fingerprint density at radius 1 is 1.18 bits per heavy atom. The number of thiazole rings is 1. The lowest BCUT2D eigenvalue weighted by atomic mass is 10.1. The first kappa shape index (κ1) is 20.6. The Morgan fingerprint density at radius 3 is 2.71 bits per heavy atom. The van der Waals surface area contributed by atoms with E-state index >= 15 is 0 Å². The summed E-state index contributed by atoms with van der Waals surface area (Å²) in [5, 5.41) is 3.50. The van der Waals surface area contributed by atoms with Crippen LogP contribution in [0.1, 0.15) is 24.2 Å². The van der Waals surface area contributed by atoms with Crippen LogP contribution in [-0.4, -0.2) is 40.5 Å². The number of aromatic nitrogens is 1. The molecule has 1 aromatic heterocycles. The van der Waals surface area contributed by atoms with E-state index in [9.17, 15) is 9.59 Å². The van der Waals surface area contributed by atoms with Crippen molar-refractivity contribution in [2.24, 2.45) is 0 Å². The average molecular weight is 434 g/mol. The minimum Gasteiger partial charge on any atom is -0.339 e. The Labute approximate surface area is 177 Å². The first-order valence-electron chi connectivity index (χ1n) is 8.88. The molecule has 0 spiro atoms. The molecule has 1 heterocycles. The lowest BCUT2D eigenvalue weighted by Crippen LogP contribution is -2.30. The number of thioether (sulfide) groups is 1. The van der Waals surface area contributed by atoms with Gasteiger partial charge in [-0.1, -0.05) is 29.4 Å². The Balaban J connectivity index is 1.61. The van der Waals surface area contributed by atoms with Gasteiger partial charge < -0.3 is 10.2 Å². The molecule has 28 heavy (non-hydrogen) atoms. The standard InChI is InChI=1S/C20H20ClN3O2S2/c1-3-24(4-2)19(26)13-6-5-7-15(10-13)22-18(25)12-27-20-23-16-11-14(21)8-9-17(16)28-20/h5-11H,3-4,12H2,1-2H3,(H,22,25). The molecule has 2 aromatic carbocycles. The highest BCUT2D eigenvalue weighted by molar-refractivity contribution is 8.01. The van der Waals surface area contributed by atoms with Crippen molar-refractivity contribution in [3.8, 4) is 0 Å². The summed E-state index contributed by atoms with van der Waals surface area (Å²) in [6.45, 7) is 5.19. The van der Waals surface area contributed by atoms with E-state index in [0.717, 1.165) is 14.6 Å². The van der Waals surface area contributed by atoms with Crippen molar-refractivity contribution >= 4 is 62.4 Å². The third-order valence-corrected chi connectivity index (χ3v) is 6.52. The number of carbonyl (C=O) groups excluding carboxylic acids is 2. The maximum atomic E-state index is 12.5. The van der Waals surface area contributed by atoms with Crippen molar-refractivity contribution in [3.63, 3.8) is 0 Å². The second kappa shape index (κ2) is 9.41. The molecule has 0 aliphatic heterocycles. The number of rotatable bonds is 7. The zero-order chi connectivity index (χ0) is 20.1. The van der Waals surface area contributed by atoms with Gasteiger partial charge in [-0.3, -0.25) is 9.59 Å². The largest absolute Gasteiger partial charge is 0.339 e. The summed E-state index contributed by atoms with van der Waals surface area (Å²) in [5.74, 6) is 0.0558. The van der Waals surface area contributed by atoms with Crippen LogP contribution in [0.3, 0.4) is 0 Å². The highest BCUT2D eigenvalue weighted by Crippen LogP contribution is 2.31. The number of nitrogens with one attached hydrogen (secondary N) is 1. The number of halogens is 1. The monoisotopic (exact) mass is 433 g/mol. The molecule has 146 valence electrons. The first-order valence-corrected chi connectivity index (χ1v) is 11.1. The van der Waals surface area contributed by atoms with E-state index in [1.807, 2.05) is 32.0 Å². The van der Waals surface area contributed by atoms with E-state index in [1.54, 1.807) is 29.2 Å². The van der Waals surface area contributed by atoms with Gasteiger partial charge in [-0.15, -0.1) is 11.3 Å². The molecular weight excluding hydrogens is 414 g/mol. The van der Waals surface area contributed by atoms with Crippen LogP contribution >= 0.6 is 34.7 Å². The fraction of sp³-hybridized carbons (Fsp3) is 0.250. The average Bonchev–Trinajstić information content (AvgIpc) is 3.09. The van der Waals surface area contributed by atoms with Crippen molar-refractivity contribution in [1.29, 1.82) is 0 Å². The van der Waals surface area contributed by atoms with Crippen LogP contribution in [0.15, 0.2) is 46.8 Å². The number of hydrogen-bond donors (Lipinski definition) is 1. The Bertz CT molecular complexity index is 1000. The molecule has 3 rings (SSSR count). The third-order valence-electron chi connectivity index (χ3n) is 4.10. The summed E-state index contributed by atoms with van der Waals surface area (Å²) in [5.41, 5.74) is 2.01. The molecule has 8 heteroatoms. The molecule has 1 N–H and O–H groups in total. The van der Waals surface area contributed by atoms with Gasteiger partial charge in [-0.2, -0.15) is 0 Å². The highest BCUT2D eigenvalue weighted by atomic mass is 35.5. The topological polar surface area (TPSA) is 62.3 Å². The quantitative estimate of drug-likeness (QED) is 0.522. The summed E-state index contributed by atoms with van der Waals surface area (Å²) in [7, 11) is 0. The predicted octanol–water partition coefficient (Wildman–Crippen LogP) is 5.16. The number of amides is 2. The third kappa shape index (κ3) is 5.04. The first-order chi connectivity index (χ1) is 13.5. The summed E-state index contributed by atoms with van der Waals surface area (Å²) in [4.78, 5) is 31.0. The van der Waals surface area contributed by atoms with Gasteiger partial charge in [0.1, 0.15) is 0 Å². The number of benzene rings is 2. The van der Waals surface area contributed by atoms with Crippen molar-refractivity contribution in [1.82, 2.24) is 9.88 Å². The van der Waals surface area contributed by atoms with Crippen LogP contribution in [0.25, 0.3) is 10.2 Å². The minimum atomic E-state index is -0.144. The van der Waals surface area contributed by atoms with Crippen molar-refractivity contribution in [2.75, 3.05) is 24.2 Å². The minimum absolute atomic E-state index is 0.0383. The van der Waals surface area contributed by atoms with Gasteiger partial charge in [0.25, 0.3) is 5.91 Å². The fourth-order valence-electron chi connectivity index (χ4n) is 2.69. The Kier molecular flexibility index (Phi) is 6.93. The van der Waals surface area contributed by atoms with Crippen molar-refractivity contribution < 1.29 is 9.59 Å².